The van der Waals surface area contributed by atoms with E-state index in [1.807, 2.05) is 7.11 Å². The third-order valence-electron chi connectivity index (χ3n) is 6.76. The number of hydrogen-bond acceptors (Lipinski definition) is 7. The average Bonchev–Trinajstić information content (AvgIpc) is 3.21. The van der Waals surface area contributed by atoms with Gasteiger partial charge in [0.1, 0.15) is 5.75 Å². The molecule has 1 unspecified atom stereocenters. The molecule has 1 atom stereocenters. The van der Waals surface area contributed by atoms with Crippen molar-refractivity contribution in [3.63, 3.8) is 0 Å². The Hall–Kier alpha value is -2.62. The number of methoxy groups -OCH3 is 3. The highest BCUT2D eigenvalue weighted by molar-refractivity contribution is 5.73. The monoisotopic (exact) mass is 590 g/mol. The summed E-state index contributed by atoms with van der Waals surface area (Å²) in [5.74, 6) is -3.94. The van der Waals surface area contributed by atoms with Gasteiger partial charge < -0.3 is 29.3 Å². The summed E-state index contributed by atoms with van der Waals surface area (Å²) < 4.78 is 79.6. The maximum Gasteiger partial charge on any atom is 0.490 e. The van der Waals surface area contributed by atoms with Crippen molar-refractivity contribution in [2.45, 2.75) is 31.7 Å². The number of benzene rings is 1. The minimum Gasteiger partial charge on any atom is -0.497 e. The summed E-state index contributed by atoms with van der Waals surface area (Å²) in [7, 11) is 5.34. The molecule has 2 N–H and O–H groups in total. The van der Waals surface area contributed by atoms with Crippen LogP contribution >= 0.6 is 0 Å². The highest BCUT2D eigenvalue weighted by Crippen LogP contribution is 2.45. The molecule has 3 rings (SSSR count). The molecule has 230 valence electrons. The fraction of sp³-hybridized carbons (Fsp3) is 0.680. The van der Waals surface area contributed by atoms with E-state index >= 15 is 0 Å². The third kappa shape index (κ3) is 11.9. The van der Waals surface area contributed by atoms with E-state index in [-0.39, 0.29) is 0 Å². The van der Waals surface area contributed by atoms with Gasteiger partial charge in [-0.05, 0) is 49.0 Å². The first-order valence-electron chi connectivity index (χ1n) is 12.2. The first-order valence-corrected chi connectivity index (χ1v) is 12.2. The third-order valence-corrected chi connectivity index (χ3v) is 6.76. The lowest BCUT2D eigenvalue weighted by Crippen LogP contribution is -2.45. The van der Waals surface area contributed by atoms with Crippen LogP contribution in [-0.2, 0) is 25.6 Å². The predicted octanol–water partition coefficient (Wildman–Crippen LogP) is 3.77. The van der Waals surface area contributed by atoms with Crippen molar-refractivity contribution in [1.82, 2.24) is 9.80 Å². The molecule has 0 aliphatic carbocycles. The van der Waals surface area contributed by atoms with E-state index in [4.69, 9.17) is 34.0 Å². The van der Waals surface area contributed by atoms with Crippen LogP contribution in [0.2, 0.25) is 0 Å². The standard InChI is InChI=1S/C21H34N2O3.2C2HF3O2/c1-24-13-12-23-15-19(16-25-2)21(17-23)8-10-22(11-9-21)14-18-4-6-20(26-3)7-5-18;2*3-2(4,5)1(6)7/h4-7,19H,8-17H2,1-3H3;2*(H,6,7). The number of halogens is 6. The van der Waals surface area contributed by atoms with Gasteiger partial charge in [-0.2, -0.15) is 26.3 Å². The topological polar surface area (TPSA) is 109 Å². The van der Waals surface area contributed by atoms with E-state index in [1.165, 1.54) is 38.0 Å². The van der Waals surface area contributed by atoms with Gasteiger partial charge in [0.25, 0.3) is 0 Å². The molecular formula is C25H36F6N2O7. The molecule has 2 aliphatic rings. The molecular weight excluding hydrogens is 554 g/mol. The van der Waals surface area contributed by atoms with Gasteiger partial charge in [0.05, 0.1) is 20.3 Å². The van der Waals surface area contributed by atoms with Crippen LogP contribution in [-0.4, -0.2) is 112 Å². The number of hydrogen-bond donors (Lipinski definition) is 2. The summed E-state index contributed by atoms with van der Waals surface area (Å²) in [6.07, 6.45) is -7.64. The molecule has 2 fully saturated rings. The summed E-state index contributed by atoms with van der Waals surface area (Å²) in [6.45, 7) is 8.45. The zero-order valence-electron chi connectivity index (χ0n) is 22.6. The quantitative estimate of drug-likeness (QED) is 0.438. The fourth-order valence-corrected chi connectivity index (χ4v) is 4.68. The van der Waals surface area contributed by atoms with Gasteiger partial charge in [-0.3, -0.25) is 4.90 Å². The van der Waals surface area contributed by atoms with Crippen LogP contribution in [0.25, 0.3) is 0 Å². The smallest absolute Gasteiger partial charge is 0.490 e. The molecule has 0 amide bonds. The molecule has 15 heteroatoms. The molecule has 0 saturated carbocycles. The number of piperidine rings is 1. The van der Waals surface area contributed by atoms with Crippen LogP contribution < -0.4 is 4.74 Å². The number of nitrogens with zero attached hydrogens (tertiary/aromatic N) is 2. The molecule has 0 aromatic heterocycles. The van der Waals surface area contributed by atoms with E-state index in [1.54, 1.807) is 14.2 Å². The second kappa shape index (κ2) is 16.0. The van der Waals surface area contributed by atoms with Gasteiger partial charge in [0.15, 0.2) is 0 Å². The second-order valence-electron chi connectivity index (χ2n) is 9.47. The van der Waals surface area contributed by atoms with Crippen LogP contribution in [0.5, 0.6) is 5.75 Å². The second-order valence-corrected chi connectivity index (χ2v) is 9.47. The van der Waals surface area contributed by atoms with Gasteiger partial charge in [0, 0.05) is 46.3 Å². The van der Waals surface area contributed by atoms with Gasteiger partial charge in [0.2, 0.25) is 0 Å². The minimum absolute atomic E-state index is 0.417. The first-order chi connectivity index (χ1) is 18.6. The highest BCUT2D eigenvalue weighted by atomic mass is 19.4. The number of rotatable bonds is 8. The normalized spacial score (nSPS) is 19.3. The lowest BCUT2D eigenvalue weighted by Gasteiger charge is -2.42. The maximum absolute atomic E-state index is 10.6. The largest absolute Gasteiger partial charge is 0.497 e. The van der Waals surface area contributed by atoms with Crippen molar-refractivity contribution >= 4 is 11.9 Å². The number of aliphatic carboxylic acids is 2. The number of carboxylic acids is 2. The molecule has 1 aromatic rings. The first kappa shape index (κ1) is 35.4. The summed E-state index contributed by atoms with van der Waals surface area (Å²) >= 11 is 0. The van der Waals surface area contributed by atoms with Crippen LogP contribution in [0.4, 0.5) is 26.3 Å². The zero-order valence-corrected chi connectivity index (χ0v) is 22.6. The van der Waals surface area contributed by atoms with E-state index in [9.17, 15) is 26.3 Å². The predicted molar refractivity (Wildman–Crippen MR) is 131 cm³/mol. The summed E-state index contributed by atoms with van der Waals surface area (Å²) in [4.78, 5) is 23.0. The van der Waals surface area contributed by atoms with E-state index in [0.29, 0.717) is 11.3 Å². The molecule has 0 radical (unpaired) electrons. The Bertz CT molecular complexity index is 880. The molecule has 0 bridgehead atoms. The Kier molecular flexibility index (Phi) is 14.1. The van der Waals surface area contributed by atoms with Gasteiger partial charge in [-0.25, -0.2) is 9.59 Å². The Labute approximate surface area is 228 Å². The van der Waals surface area contributed by atoms with Gasteiger partial charge in [-0.1, -0.05) is 12.1 Å². The van der Waals surface area contributed by atoms with Crippen molar-refractivity contribution in [2.75, 3.05) is 67.3 Å². The fourth-order valence-electron chi connectivity index (χ4n) is 4.68. The number of alkyl halides is 6. The lowest BCUT2D eigenvalue weighted by atomic mass is 9.71. The lowest BCUT2D eigenvalue weighted by molar-refractivity contribution is -0.193. The minimum atomic E-state index is -5.08. The molecule has 9 nitrogen and oxygen atoms in total. The van der Waals surface area contributed by atoms with Crippen molar-refractivity contribution in [1.29, 1.82) is 0 Å². The molecule has 2 heterocycles. The number of ether oxygens (including phenoxy) is 3. The van der Waals surface area contributed by atoms with Crippen LogP contribution in [0.1, 0.15) is 18.4 Å². The zero-order chi connectivity index (χ0) is 30.6. The van der Waals surface area contributed by atoms with E-state index in [0.717, 1.165) is 38.6 Å². The summed E-state index contributed by atoms with van der Waals surface area (Å²) in [5.41, 5.74) is 1.78. The average molecular weight is 591 g/mol. The molecule has 2 saturated heterocycles. The van der Waals surface area contributed by atoms with Crippen molar-refractivity contribution < 1.29 is 60.4 Å². The number of carbonyl (C=O) groups is 2. The highest BCUT2D eigenvalue weighted by Gasteiger charge is 2.47. The Morgan fingerprint density at radius 1 is 0.900 bits per heavy atom. The van der Waals surface area contributed by atoms with Crippen molar-refractivity contribution in [2.24, 2.45) is 11.3 Å². The molecule has 1 spiro atoms. The van der Waals surface area contributed by atoms with Crippen molar-refractivity contribution in [3.05, 3.63) is 29.8 Å². The van der Waals surface area contributed by atoms with Gasteiger partial charge >= 0.3 is 24.3 Å². The van der Waals surface area contributed by atoms with Crippen LogP contribution in [0.15, 0.2) is 24.3 Å². The van der Waals surface area contributed by atoms with E-state index < -0.39 is 24.3 Å². The Morgan fingerprint density at radius 3 is 1.80 bits per heavy atom. The van der Waals surface area contributed by atoms with Crippen LogP contribution in [0.3, 0.4) is 0 Å². The summed E-state index contributed by atoms with van der Waals surface area (Å²) in [6, 6.07) is 8.47. The Balaban J connectivity index is 0.000000473. The molecule has 1 aromatic carbocycles. The number of carboxylic acid groups (broad SMARTS) is 2. The molecule has 40 heavy (non-hydrogen) atoms. The number of likely N-dealkylation sites (tertiary alicyclic amines) is 2. The van der Waals surface area contributed by atoms with Crippen molar-refractivity contribution in [3.8, 4) is 5.75 Å². The van der Waals surface area contributed by atoms with Gasteiger partial charge in [-0.15, -0.1) is 0 Å². The maximum atomic E-state index is 10.6. The van der Waals surface area contributed by atoms with E-state index in [2.05, 4.69) is 34.1 Å². The Morgan fingerprint density at radius 2 is 1.40 bits per heavy atom. The SMILES string of the molecule is COCCN1CC(COC)C2(CCN(Cc3ccc(OC)cc3)CC2)C1.O=C(O)C(F)(F)F.O=C(O)C(F)(F)F. The van der Waals surface area contributed by atoms with Crippen LogP contribution in [0, 0.1) is 11.3 Å². The molecule has 2 aliphatic heterocycles. The summed E-state index contributed by atoms with van der Waals surface area (Å²) in [5, 5.41) is 14.2.